The van der Waals surface area contributed by atoms with Gasteiger partial charge in [0, 0.05) is 17.6 Å². The molecule has 0 saturated carbocycles. The number of rotatable bonds is 5. The molecule has 16 heavy (non-hydrogen) atoms. The molecule has 0 fully saturated rings. The molecule has 2 nitrogen and oxygen atoms in total. The minimum Gasteiger partial charge on any atom is -0.496 e. The molecule has 88 valence electrons. The van der Waals surface area contributed by atoms with Gasteiger partial charge in [-0.1, -0.05) is 18.2 Å². The van der Waals surface area contributed by atoms with Crippen LogP contribution in [0.5, 0.6) is 5.75 Å². The van der Waals surface area contributed by atoms with Crippen molar-refractivity contribution in [2.24, 2.45) is 0 Å². The molecule has 0 spiro atoms. The number of hydrogen-bond acceptors (Lipinski definition) is 2. The monoisotopic (exact) mass is 219 g/mol. The zero-order valence-corrected chi connectivity index (χ0v) is 10.6. The van der Waals surface area contributed by atoms with Crippen LogP contribution >= 0.6 is 0 Å². The molecule has 0 heterocycles. The molecule has 0 aliphatic carbocycles. The van der Waals surface area contributed by atoms with Crippen molar-refractivity contribution in [1.82, 2.24) is 5.32 Å². The first-order valence-corrected chi connectivity index (χ1v) is 5.61. The van der Waals surface area contributed by atoms with Gasteiger partial charge in [-0.3, -0.25) is 0 Å². The summed E-state index contributed by atoms with van der Waals surface area (Å²) in [5, 5.41) is 3.44. The zero-order chi connectivity index (χ0) is 12.1. The SMILES string of the molecule is C=CC(C)NC(C)c1ccc(C)cc1OC. The average Bonchev–Trinajstić information content (AvgIpc) is 2.28. The van der Waals surface area contributed by atoms with Crippen molar-refractivity contribution < 1.29 is 4.74 Å². The predicted molar refractivity (Wildman–Crippen MR) is 68.9 cm³/mol. The highest BCUT2D eigenvalue weighted by atomic mass is 16.5. The van der Waals surface area contributed by atoms with Crippen LogP contribution < -0.4 is 10.1 Å². The third-order valence-electron chi connectivity index (χ3n) is 2.72. The van der Waals surface area contributed by atoms with Crippen LogP contribution in [0.2, 0.25) is 0 Å². The number of ether oxygens (including phenoxy) is 1. The van der Waals surface area contributed by atoms with Crippen molar-refractivity contribution in [2.45, 2.75) is 32.9 Å². The third kappa shape index (κ3) is 3.11. The molecular weight excluding hydrogens is 198 g/mol. The fraction of sp³-hybridized carbons (Fsp3) is 0.429. The van der Waals surface area contributed by atoms with Crippen molar-refractivity contribution in [2.75, 3.05) is 7.11 Å². The average molecular weight is 219 g/mol. The zero-order valence-electron chi connectivity index (χ0n) is 10.6. The third-order valence-corrected chi connectivity index (χ3v) is 2.72. The largest absolute Gasteiger partial charge is 0.496 e. The highest BCUT2D eigenvalue weighted by molar-refractivity contribution is 5.39. The minimum atomic E-state index is 0.253. The molecule has 0 aliphatic rings. The van der Waals surface area contributed by atoms with Crippen molar-refractivity contribution in [3.05, 3.63) is 42.0 Å². The van der Waals surface area contributed by atoms with E-state index < -0.39 is 0 Å². The molecule has 0 radical (unpaired) electrons. The summed E-state index contributed by atoms with van der Waals surface area (Å²) in [5.41, 5.74) is 2.39. The second-order valence-corrected chi connectivity index (χ2v) is 4.16. The fourth-order valence-corrected chi connectivity index (χ4v) is 1.73. The highest BCUT2D eigenvalue weighted by Crippen LogP contribution is 2.26. The van der Waals surface area contributed by atoms with E-state index in [1.807, 2.05) is 6.08 Å². The Bertz CT molecular complexity index is 360. The van der Waals surface area contributed by atoms with E-state index in [0.717, 1.165) is 5.75 Å². The highest BCUT2D eigenvalue weighted by Gasteiger charge is 2.12. The van der Waals surface area contributed by atoms with E-state index in [-0.39, 0.29) is 6.04 Å². The maximum absolute atomic E-state index is 5.40. The summed E-state index contributed by atoms with van der Waals surface area (Å²) in [6.45, 7) is 10.1. The summed E-state index contributed by atoms with van der Waals surface area (Å²) >= 11 is 0. The smallest absolute Gasteiger partial charge is 0.123 e. The van der Waals surface area contributed by atoms with E-state index >= 15 is 0 Å². The Morgan fingerprint density at radius 2 is 2.06 bits per heavy atom. The standard InChI is InChI=1S/C14H21NO/c1-6-11(3)15-12(4)13-8-7-10(2)9-14(13)16-5/h6-9,11-12,15H,1H2,2-5H3. The molecule has 1 N–H and O–H groups in total. The van der Waals surface area contributed by atoms with Gasteiger partial charge in [0.2, 0.25) is 0 Å². The van der Waals surface area contributed by atoms with Gasteiger partial charge in [0.25, 0.3) is 0 Å². The Labute approximate surface area is 98.3 Å². The van der Waals surface area contributed by atoms with E-state index in [9.17, 15) is 0 Å². The van der Waals surface area contributed by atoms with Gasteiger partial charge in [-0.25, -0.2) is 0 Å². The minimum absolute atomic E-state index is 0.253. The summed E-state index contributed by atoms with van der Waals surface area (Å²) in [6.07, 6.45) is 1.90. The molecule has 2 unspecified atom stereocenters. The summed E-state index contributed by atoms with van der Waals surface area (Å²) in [6, 6.07) is 6.83. The maximum atomic E-state index is 5.40. The Morgan fingerprint density at radius 3 is 2.62 bits per heavy atom. The number of methoxy groups -OCH3 is 1. The van der Waals surface area contributed by atoms with E-state index in [0.29, 0.717) is 6.04 Å². The van der Waals surface area contributed by atoms with Crippen LogP contribution in [0.3, 0.4) is 0 Å². The van der Waals surface area contributed by atoms with Gasteiger partial charge in [-0.05, 0) is 32.4 Å². The molecule has 1 aromatic carbocycles. The lowest BCUT2D eigenvalue weighted by molar-refractivity contribution is 0.399. The number of aryl methyl sites for hydroxylation is 1. The Balaban J connectivity index is 2.89. The van der Waals surface area contributed by atoms with Crippen LogP contribution in [0.4, 0.5) is 0 Å². The molecule has 0 aliphatic heterocycles. The lowest BCUT2D eigenvalue weighted by Gasteiger charge is -2.20. The molecular formula is C14H21NO. The van der Waals surface area contributed by atoms with E-state index in [1.54, 1.807) is 7.11 Å². The first-order chi connectivity index (χ1) is 7.58. The first-order valence-electron chi connectivity index (χ1n) is 5.61. The Kier molecular flexibility index (Phi) is 4.56. The predicted octanol–water partition coefficient (Wildman–Crippen LogP) is 3.23. The van der Waals surface area contributed by atoms with Crippen LogP contribution in [-0.4, -0.2) is 13.2 Å². The lowest BCUT2D eigenvalue weighted by Crippen LogP contribution is -2.27. The van der Waals surface area contributed by atoms with Crippen LogP contribution in [0.1, 0.15) is 31.0 Å². The first kappa shape index (κ1) is 12.8. The molecule has 0 amide bonds. The quantitative estimate of drug-likeness (QED) is 0.768. The van der Waals surface area contributed by atoms with Gasteiger partial charge in [-0.15, -0.1) is 6.58 Å². The molecule has 2 atom stereocenters. The van der Waals surface area contributed by atoms with Crippen LogP contribution in [0.25, 0.3) is 0 Å². The summed E-state index contributed by atoms with van der Waals surface area (Å²) in [7, 11) is 1.71. The van der Waals surface area contributed by atoms with E-state index in [2.05, 4.69) is 50.9 Å². The van der Waals surface area contributed by atoms with Crippen molar-refractivity contribution in [1.29, 1.82) is 0 Å². The number of nitrogens with one attached hydrogen (secondary N) is 1. The van der Waals surface area contributed by atoms with E-state index in [4.69, 9.17) is 4.74 Å². The topological polar surface area (TPSA) is 21.3 Å². The Morgan fingerprint density at radius 1 is 1.38 bits per heavy atom. The van der Waals surface area contributed by atoms with Crippen LogP contribution in [0.15, 0.2) is 30.9 Å². The second-order valence-electron chi connectivity index (χ2n) is 4.16. The number of benzene rings is 1. The van der Waals surface area contributed by atoms with Crippen LogP contribution in [-0.2, 0) is 0 Å². The number of hydrogen-bond donors (Lipinski definition) is 1. The Hall–Kier alpha value is -1.28. The maximum Gasteiger partial charge on any atom is 0.123 e. The van der Waals surface area contributed by atoms with Crippen molar-refractivity contribution in [3.63, 3.8) is 0 Å². The van der Waals surface area contributed by atoms with E-state index in [1.165, 1.54) is 11.1 Å². The summed E-state index contributed by atoms with van der Waals surface area (Å²) < 4.78 is 5.40. The molecule has 0 bridgehead atoms. The molecule has 0 aromatic heterocycles. The van der Waals surface area contributed by atoms with Crippen molar-refractivity contribution in [3.8, 4) is 5.75 Å². The van der Waals surface area contributed by atoms with Gasteiger partial charge in [0.05, 0.1) is 7.11 Å². The summed E-state index contributed by atoms with van der Waals surface area (Å²) in [4.78, 5) is 0. The van der Waals surface area contributed by atoms with Gasteiger partial charge >= 0.3 is 0 Å². The molecule has 1 rings (SSSR count). The van der Waals surface area contributed by atoms with Gasteiger partial charge < -0.3 is 10.1 Å². The second kappa shape index (κ2) is 5.71. The van der Waals surface area contributed by atoms with Gasteiger partial charge in [0.15, 0.2) is 0 Å². The summed E-state index contributed by atoms with van der Waals surface area (Å²) in [5.74, 6) is 0.941. The van der Waals surface area contributed by atoms with Crippen LogP contribution in [0, 0.1) is 6.92 Å². The lowest BCUT2D eigenvalue weighted by atomic mass is 10.0. The fourth-order valence-electron chi connectivity index (χ4n) is 1.73. The van der Waals surface area contributed by atoms with Gasteiger partial charge in [0.1, 0.15) is 5.75 Å². The van der Waals surface area contributed by atoms with Gasteiger partial charge in [-0.2, -0.15) is 0 Å². The molecule has 0 saturated heterocycles. The van der Waals surface area contributed by atoms with Crippen molar-refractivity contribution >= 4 is 0 Å². The molecule has 1 aromatic rings. The normalized spacial score (nSPS) is 14.2. The molecule has 2 heteroatoms.